The van der Waals surface area contributed by atoms with E-state index < -0.39 is 0 Å². The average Bonchev–Trinajstić information content (AvgIpc) is 3.03. The molecule has 1 amide bonds. The maximum Gasteiger partial charge on any atom is 0.261 e. The van der Waals surface area contributed by atoms with Gasteiger partial charge < -0.3 is 10.4 Å². The van der Waals surface area contributed by atoms with Gasteiger partial charge in [-0.2, -0.15) is 11.8 Å². The summed E-state index contributed by atoms with van der Waals surface area (Å²) in [4.78, 5) is 13.9. The Morgan fingerprint density at radius 2 is 2.40 bits per heavy atom. The highest BCUT2D eigenvalue weighted by atomic mass is 32.2. The summed E-state index contributed by atoms with van der Waals surface area (Å²) < 4.78 is 0. The number of carbonyl (C=O) groups excluding carboxylic acids is 1. The number of carbonyl (C=O) groups is 1. The SMILES string of the molecule is CSC1CCCC1NC(=O)c1cc(C)c(C#CCO)s1. The van der Waals surface area contributed by atoms with Gasteiger partial charge in [-0.15, -0.1) is 11.3 Å². The Kier molecular flexibility index (Phi) is 5.53. The van der Waals surface area contributed by atoms with Crippen LogP contribution in [0, 0.1) is 18.8 Å². The summed E-state index contributed by atoms with van der Waals surface area (Å²) in [6, 6.07) is 2.16. The first kappa shape index (κ1) is 15.4. The van der Waals surface area contributed by atoms with Crippen molar-refractivity contribution < 1.29 is 9.90 Å². The maximum absolute atomic E-state index is 12.3. The van der Waals surface area contributed by atoms with Crippen molar-refractivity contribution in [3.05, 3.63) is 21.4 Å². The van der Waals surface area contributed by atoms with Crippen LogP contribution in [0.25, 0.3) is 0 Å². The molecule has 108 valence electrons. The zero-order valence-corrected chi connectivity index (χ0v) is 13.4. The predicted molar refractivity (Wildman–Crippen MR) is 85.4 cm³/mol. The summed E-state index contributed by atoms with van der Waals surface area (Å²) in [7, 11) is 0. The van der Waals surface area contributed by atoms with E-state index in [1.54, 1.807) is 0 Å². The summed E-state index contributed by atoms with van der Waals surface area (Å²) in [6.45, 7) is 1.78. The molecule has 0 spiro atoms. The topological polar surface area (TPSA) is 49.3 Å². The third kappa shape index (κ3) is 3.57. The van der Waals surface area contributed by atoms with Crippen molar-refractivity contribution in [2.45, 2.75) is 37.5 Å². The molecule has 1 aromatic heterocycles. The monoisotopic (exact) mass is 309 g/mol. The van der Waals surface area contributed by atoms with Gasteiger partial charge in [0.2, 0.25) is 0 Å². The summed E-state index contributed by atoms with van der Waals surface area (Å²) in [6.07, 6.45) is 5.54. The molecule has 0 aromatic carbocycles. The molecule has 0 bridgehead atoms. The number of hydrogen-bond acceptors (Lipinski definition) is 4. The van der Waals surface area contributed by atoms with Gasteiger partial charge >= 0.3 is 0 Å². The highest BCUT2D eigenvalue weighted by molar-refractivity contribution is 7.99. The molecular weight excluding hydrogens is 290 g/mol. The molecule has 1 saturated carbocycles. The molecule has 1 aromatic rings. The lowest BCUT2D eigenvalue weighted by Gasteiger charge is -2.18. The minimum absolute atomic E-state index is 0.00102. The zero-order valence-electron chi connectivity index (χ0n) is 11.7. The summed E-state index contributed by atoms with van der Waals surface area (Å²) in [5.41, 5.74) is 0.994. The number of hydrogen-bond donors (Lipinski definition) is 2. The van der Waals surface area contributed by atoms with Crippen molar-refractivity contribution in [2.24, 2.45) is 0 Å². The minimum atomic E-state index is -0.156. The van der Waals surface area contributed by atoms with Crippen LogP contribution in [0.1, 0.15) is 39.4 Å². The smallest absolute Gasteiger partial charge is 0.261 e. The van der Waals surface area contributed by atoms with E-state index in [4.69, 9.17) is 5.11 Å². The number of amides is 1. The van der Waals surface area contributed by atoms with Crippen LogP contribution in [0.4, 0.5) is 0 Å². The number of thiophene rings is 1. The van der Waals surface area contributed by atoms with Crippen molar-refractivity contribution in [1.82, 2.24) is 5.32 Å². The number of nitrogens with one attached hydrogen (secondary N) is 1. The first-order valence-corrected chi connectivity index (χ1v) is 8.80. The molecule has 3 nitrogen and oxygen atoms in total. The van der Waals surface area contributed by atoms with Crippen LogP contribution >= 0.6 is 23.1 Å². The van der Waals surface area contributed by atoms with Gasteiger partial charge in [-0.25, -0.2) is 0 Å². The molecule has 1 heterocycles. The second kappa shape index (κ2) is 7.16. The van der Waals surface area contributed by atoms with Gasteiger partial charge in [0.05, 0.1) is 9.75 Å². The first-order valence-electron chi connectivity index (χ1n) is 6.69. The molecule has 1 aliphatic carbocycles. The van der Waals surface area contributed by atoms with E-state index in [-0.39, 0.29) is 18.6 Å². The molecule has 20 heavy (non-hydrogen) atoms. The van der Waals surface area contributed by atoms with E-state index in [0.29, 0.717) is 10.1 Å². The quantitative estimate of drug-likeness (QED) is 0.843. The van der Waals surface area contributed by atoms with E-state index >= 15 is 0 Å². The van der Waals surface area contributed by atoms with Crippen LogP contribution in [-0.2, 0) is 0 Å². The second-order valence-electron chi connectivity index (χ2n) is 4.87. The minimum Gasteiger partial charge on any atom is -0.384 e. The third-order valence-electron chi connectivity index (χ3n) is 3.49. The molecule has 5 heteroatoms. The van der Waals surface area contributed by atoms with Crippen LogP contribution in [0.15, 0.2) is 6.07 Å². The lowest BCUT2D eigenvalue weighted by atomic mass is 10.2. The number of aliphatic hydroxyl groups excluding tert-OH is 1. The van der Waals surface area contributed by atoms with Crippen molar-refractivity contribution >= 4 is 29.0 Å². The van der Waals surface area contributed by atoms with Crippen LogP contribution in [0.2, 0.25) is 0 Å². The van der Waals surface area contributed by atoms with Gasteiger partial charge in [-0.3, -0.25) is 4.79 Å². The van der Waals surface area contributed by atoms with Gasteiger partial charge in [-0.05, 0) is 37.7 Å². The van der Waals surface area contributed by atoms with Crippen LogP contribution in [-0.4, -0.2) is 35.2 Å². The Hall–Kier alpha value is -0.960. The third-order valence-corrected chi connectivity index (χ3v) is 5.82. The Labute approximate surface area is 128 Å². The second-order valence-corrected chi connectivity index (χ2v) is 7.00. The number of thioether (sulfide) groups is 1. The molecule has 0 saturated heterocycles. The molecule has 2 atom stereocenters. The van der Waals surface area contributed by atoms with Crippen LogP contribution in [0.5, 0.6) is 0 Å². The van der Waals surface area contributed by atoms with Crippen molar-refractivity contribution in [3.8, 4) is 11.8 Å². The fraction of sp³-hybridized carbons (Fsp3) is 0.533. The van der Waals surface area contributed by atoms with Gasteiger partial charge in [0, 0.05) is 11.3 Å². The molecular formula is C15H19NO2S2. The highest BCUT2D eigenvalue weighted by Gasteiger charge is 2.28. The zero-order chi connectivity index (χ0) is 14.5. The van der Waals surface area contributed by atoms with Crippen LogP contribution < -0.4 is 5.32 Å². The molecule has 1 aliphatic rings. The molecule has 2 unspecified atom stereocenters. The Bertz CT molecular complexity index is 542. The fourth-order valence-electron chi connectivity index (χ4n) is 2.45. The Balaban J connectivity index is 2.06. The van der Waals surface area contributed by atoms with E-state index in [0.717, 1.165) is 16.9 Å². The van der Waals surface area contributed by atoms with Gasteiger partial charge in [0.25, 0.3) is 5.91 Å². The van der Waals surface area contributed by atoms with Gasteiger partial charge in [-0.1, -0.05) is 18.3 Å². The average molecular weight is 309 g/mol. The van der Waals surface area contributed by atoms with E-state index in [1.165, 1.54) is 24.2 Å². The summed E-state index contributed by atoms with van der Waals surface area (Å²) in [5, 5.41) is 12.4. The lowest BCUT2D eigenvalue weighted by Crippen LogP contribution is -2.38. The normalized spacial score (nSPS) is 21.4. The largest absolute Gasteiger partial charge is 0.384 e. The van der Waals surface area contributed by atoms with Crippen molar-refractivity contribution in [2.75, 3.05) is 12.9 Å². The van der Waals surface area contributed by atoms with E-state index in [1.807, 2.05) is 24.8 Å². The van der Waals surface area contributed by atoms with Crippen molar-refractivity contribution in [1.29, 1.82) is 0 Å². The number of aryl methyl sites for hydroxylation is 1. The lowest BCUT2D eigenvalue weighted by molar-refractivity contribution is 0.0943. The van der Waals surface area contributed by atoms with Gasteiger partial charge in [0.1, 0.15) is 6.61 Å². The molecule has 2 N–H and O–H groups in total. The number of aliphatic hydroxyl groups is 1. The summed E-state index contributed by atoms with van der Waals surface area (Å²) >= 11 is 3.23. The molecule has 0 radical (unpaired) electrons. The van der Waals surface area contributed by atoms with Gasteiger partial charge in [0.15, 0.2) is 0 Å². The standard InChI is InChI=1S/C15H19NO2S2/c1-10-9-14(20-12(10)7-4-8-17)15(18)16-11-5-3-6-13(11)19-2/h9,11,13,17H,3,5-6,8H2,1-2H3,(H,16,18). The summed E-state index contributed by atoms with van der Waals surface area (Å²) in [5.74, 6) is 5.51. The maximum atomic E-state index is 12.3. The number of rotatable bonds is 3. The van der Waals surface area contributed by atoms with E-state index in [2.05, 4.69) is 23.4 Å². The highest BCUT2D eigenvalue weighted by Crippen LogP contribution is 2.29. The Morgan fingerprint density at radius 3 is 3.10 bits per heavy atom. The fourth-order valence-corrected chi connectivity index (χ4v) is 4.34. The predicted octanol–water partition coefficient (Wildman–Crippen LogP) is 2.41. The van der Waals surface area contributed by atoms with E-state index in [9.17, 15) is 4.79 Å². The Morgan fingerprint density at radius 1 is 1.60 bits per heavy atom. The molecule has 1 fully saturated rings. The first-order chi connectivity index (χ1) is 9.65. The van der Waals surface area contributed by atoms with Crippen molar-refractivity contribution in [3.63, 3.8) is 0 Å². The van der Waals surface area contributed by atoms with Crippen LogP contribution in [0.3, 0.4) is 0 Å². The molecule has 0 aliphatic heterocycles. The molecule has 2 rings (SSSR count).